The minimum atomic E-state index is -0.940. The highest BCUT2D eigenvalue weighted by Crippen LogP contribution is 1.94. The second kappa shape index (κ2) is 6.68. The molecule has 0 unspecified atom stereocenters. The molecule has 0 saturated carbocycles. The van der Waals surface area contributed by atoms with Gasteiger partial charge < -0.3 is 26.7 Å². The van der Waals surface area contributed by atoms with Gasteiger partial charge in [-0.1, -0.05) is 0 Å². The topological polar surface area (TPSA) is 46.5 Å². The van der Waals surface area contributed by atoms with E-state index in [1.807, 2.05) is 0 Å². The third kappa shape index (κ3) is 9.35. The van der Waals surface area contributed by atoms with E-state index in [9.17, 15) is 4.79 Å². The molecule has 0 amide bonds. The van der Waals surface area contributed by atoms with Crippen molar-refractivity contribution in [1.82, 2.24) is 0 Å². The maximum atomic E-state index is 10.3. The minimum Gasteiger partial charge on any atom is -1.00 e. The molecule has 5 heteroatoms. The minimum absolute atomic E-state index is 0. The summed E-state index contributed by atoms with van der Waals surface area (Å²) in [6.07, 6.45) is 1.29. The molecule has 0 aromatic carbocycles. The fraction of sp³-hybridized carbons (Fsp3) is 0.667. The van der Waals surface area contributed by atoms with Crippen molar-refractivity contribution in [3.05, 3.63) is 11.8 Å². The first kappa shape index (κ1) is 15.7. The number of aliphatic carboxylic acids is 1. The molecule has 0 radical (unpaired) electrons. The molecule has 0 aliphatic heterocycles. The fourth-order valence-electron chi connectivity index (χ4n) is 0.561. The van der Waals surface area contributed by atoms with Crippen LogP contribution < -0.4 is 12.4 Å². The molecule has 0 atom stereocenters. The third-order valence-electron chi connectivity index (χ3n) is 1.48. The van der Waals surface area contributed by atoms with Crippen molar-refractivity contribution < 1.29 is 31.5 Å². The highest BCUT2D eigenvalue weighted by Gasteiger charge is 2.05. The van der Waals surface area contributed by atoms with Crippen molar-refractivity contribution in [1.29, 1.82) is 0 Å². The van der Waals surface area contributed by atoms with Crippen LogP contribution in [0.1, 0.15) is 6.92 Å². The Labute approximate surface area is 91.2 Å². The number of likely N-dealkylation sites (N-methyl/N-ethyl adjacent to an activating group) is 1. The van der Waals surface area contributed by atoms with Crippen LogP contribution in [0.25, 0.3) is 0 Å². The summed E-state index contributed by atoms with van der Waals surface area (Å²) in [6.45, 7) is 2.89. The Morgan fingerprint density at radius 1 is 1.43 bits per heavy atom. The zero-order valence-corrected chi connectivity index (χ0v) is 9.84. The number of ether oxygens (including phenoxy) is 1. The summed E-state index contributed by atoms with van der Waals surface area (Å²) in [6, 6.07) is 0. The van der Waals surface area contributed by atoms with Crippen LogP contribution in [0.5, 0.6) is 0 Å². The van der Waals surface area contributed by atoms with Crippen molar-refractivity contribution >= 4 is 5.97 Å². The van der Waals surface area contributed by atoms with Crippen LogP contribution >= 0.6 is 0 Å². The van der Waals surface area contributed by atoms with Gasteiger partial charge in [-0.15, -0.1) is 0 Å². The second-order valence-corrected chi connectivity index (χ2v) is 3.99. The molecule has 0 aliphatic rings. The van der Waals surface area contributed by atoms with Crippen molar-refractivity contribution in [2.24, 2.45) is 0 Å². The Bertz CT molecular complexity index is 209. The number of rotatable bonds is 5. The summed E-state index contributed by atoms with van der Waals surface area (Å²) in [4.78, 5) is 10.3. The molecular formula is C9H18ClNO3. The number of carboxylic acids is 1. The smallest absolute Gasteiger partial charge is 0.334 e. The van der Waals surface area contributed by atoms with Crippen molar-refractivity contribution in [2.45, 2.75) is 6.92 Å². The lowest BCUT2D eigenvalue weighted by molar-refractivity contribution is -0.870. The zero-order valence-electron chi connectivity index (χ0n) is 9.08. The number of hydrogen-bond donors (Lipinski definition) is 1. The van der Waals surface area contributed by atoms with Gasteiger partial charge in [-0.2, -0.15) is 0 Å². The summed E-state index contributed by atoms with van der Waals surface area (Å²) in [5.41, 5.74) is 0.224. The number of nitrogens with zero attached hydrogens (tertiary/aromatic N) is 1. The zero-order chi connectivity index (χ0) is 10.5. The molecule has 14 heavy (non-hydrogen) atoms. The van der Waals surface area contributed by atoms with E-state index < -0.39 is 5.97 Å². The summed E-state index contributed by atoms with van der Waals surface area (Å²) in [5.74, 6) is -0.940. The van der Waals surface area contributed by atoms with Gasteiger partial charge in [-0.25, -0.2) is 4.79 Å². The largest absolute Gasteiger partial charge is 1.00 e. The van der Waals surface area contributed by atoms with Gasteiger partial charge in [0.2, 0.25) is 0 Å². The molecule has 0 heterocycles. The van der Waals surface area contributed by atoms with E-state index in [-0.39, 0.29) is 18.0 Å². The number of halogens is 1. The number of hydrogen-bond acceptors (Lipinski definition) is 2. The lowest BCUT2D eigenvalue weighted by Gasteiger charge is -2.23. The molecule has 0 saturated heterocycles. The average Bonchev–Trinajstić information content (AvgIpc) is 1.95. The summed E-state index contributed by atoms with van der Waals surface area (Å²) in [7, 11) is 6.16. The Morgan fingerprint density at radius 2 is 1.93 bits per heavy atom. The van der Waals surface area contributed by atoms with Gasteiger partial charge in [-0.3, -0.25) is 0 Å². The molecule has 0 aliphatic carbocycles. The predicted molar refractivity (Wildman–Crippen MR) is 50.2 cm³/mol. The van der Waals surface area contributed by atoms with Gasteiger partial charge >= 0.3 is 5.97 Å². The van der Waals surface area contributed by atoms with Crippen LogP contribution in [0.15, 0.2) is 11.8 Å². The first-order chi connectivity index (χ1) is 5.83. The highest BCUT2D eigenvalue weighted by atomic mass is 35.5. The standard InChI is InChI=1S/C9H17NO3.ClH/c1-8(9(11)12)7-13-6-5-10(2,3)4;/h7H,5-6H2,1-4H3;1H. The molecule has 0 bridgehead atoms. The predicted octanol–water partition coefficient (Wildman–Crippen LogP) is -2.30. The third-order valence-corrected chi connectivity index (χ3v) is 1.48. The SMILES string of the molecule is CC(=COCC[N+](C)(C)C)C(=O)O.[Cl-]. The van der Waals surface area contributed by atoms with E-state index >= 15 is 0 Å². The summed E-state index contributed by atoms with van der Waals surface area (Å²) >= 11 is 0. The van der Waals surface area contributed by atoms with Crippen molar-refractivity contribution in [2.75, 3.05) is 34.3 Å². The van der Waals surface area contributed by atoms with Gasteiger partial charge in [0, 0.05) is 0 Å². The molecule has 0 spiro atoms. The lowest BCUT2D eigenvalue weighted by atomic mass is 10.3. The van der Waals surface area contributed by atoms with E-state index in [2.05, 4.69) is 21.1 Å². The van der Waals surface area contributed by atoms with Crippen LogP contribution in [0.4, 0.5) is 0 Å². The first-order valence-electron chi connectivity index (χ1n) is 4.15. The van der Waals surface area contributed by atoms with Gasteiger partial charge in [0.05, 0.1) is 33.0 Å². The van der Waals surface area contributed by atoms with Gasteiger partial charge in [-0.05, 0) is 6.92 Å². The molecule has 0 fully saturated rings. The Kier molecular flexibility index (Phi) is 7.50. The van der Waals surface area contributed by atoms with Crippen LogP contribution in [-0.4, -0.2) is 49.9 Å². The van der Waals surface area contributed by atoms with Crippen LogP contribution in [0.3, 0.4) is 0 Å². The van der Waals surface area contributed by atoms with Crippen molar-refractivity contribution in [3.63, 3.8) is 0 Å². The maximum absolute atomic E-state index is 10.3. The monoisotopic (exact) mass is 223 g/mol. The molecule has 4 nitrogen and oxygen atoms in total. The Balaban J connectivity index is 0. The summed E-state index contributed by atoms with van der Waals surface area (Å²) < 4.78 is 5.88. The molecule has 0 aromatic heterocycles. The van der Waals surface area contributed by atoms with Crippen LogP contribution in [-0.2, 0) is 9.53 Å². The fourth-order valence-corrected chi connectivity index (χ4v) is 0.561. The molecule has 1 N–H and O–H groups in total. The van der Waals surface area contributed by atoms with Crippen molar-refractivity contribution in [3.8, 4) is 0 Å². The first-order valence-corrected chi connectivity index (χ1v) is 4.15. The normalized spacial score (nSPS) is 11.9. The molecule has 0 aromatic rings. The number of carboxylic acid groups (broad SMARTS) is 1. The lowest BCUT2D eigenvalue weighted by Crippen LogP contribution is -3.00. The van der Waals surface area contributed by atoms with Crippen LogP contribution in [0, 0.1) is 0 Å². The van der Waals surface area contributed by atoms with E-state index in [0.29, 0.717) is 6.61 Å². The Morgan fingerprint density at radius 3 is 2.29 bits per heavy atom. The van der Waals surface area contributed by atoms with E-state index in [4.69, 9.17) is 9.84 Å². The number of carbonyl (C=O) groups is 1. The highest BCUT2D eigenvalue weighted by molar-refractivity contribution is 5.85. The summed E-state index contributed by atoms with van der Waals surface area (Å²) in [5, 5.41) is 8.49. The van der Waals surface area contributed by atoms with Crippen LogP contribution in [0.2, 0.25) is 0 Å². The van der Waals surface area contributed by atoms with Gasteiger partial charge in [0.25, 0.3) is 0 Å². The van der Waals surface area contributed by atoms with E-state index in [0.717, 1.165) is 11.0 Å². The second-order valence-electron chi connectivity index (χ2n) is 3.99. The number of quaternary nitrogens is 1. The molecule has 0 rings (SSSR count). The Hall–Kier alpha value is -0.740. The average molecular weight is 224 g/mol. The van der Waals surface area contributed by atoms with Gasteiger partial charge in [0.1, 0.15) is 13.2 Å². The molecule has 84 valence electrons. The molecular weight excluding hydrogens is 206 g/mol. The van der Waals surface area contributed by atoms with E-state index in [1.165, 1.54) is 13.2 Å². The van der Waals surface area contributed by atoms with E-state index in [1.54, 1.807) is 0 Å². The van der Waals surface area contributed by atoms with Gasteiger partial charge in [0.15, 0.2) is 0 Å². The quantitative estimate of drug-likeness (QED) is 0.247. The maximum Gasteiger partial charge on any atom is 0.334 e.